The van der Waals surface area contributed by atoms with E-state index in [2.05, 4.69) is 29.8 Å². The second-order valence-electron chi connectivity index (χ2n) is 14.8. The van der Waals surface area contributed by atoms with Gasteiger partial charge in [0.2, 0.25) is 0 Å². The summed E-state index contributed by atoms with van der Waals surface area (Å²) < 4.78 is 13.4. The number of alkyl halides is 1. The second kappa shape index (κ2) is 15.3. The molecule has 0 N–H and O–H groups in total. The molecule has 5 aliphatic rings. The van der Waals surface area contributed by atoms with E-state index < -0.39 is 0 Å². The molecule has 2 nitrogen and oxygen atoms in total. The highest BCUT2D eigenvalue weighted by Crippen LogP contribution is 2.68. The Labute approximate surface area is 251 Å². The standard InChI is InChI=1S/C35H62BBrO2/c1-3-5-7-9-11-15-23-35(24-16-12-10-8-6-4-2)31-25-27(36-38-33-17-13-14-18-34(33)39-36)19-21-29(31)30-22-20-28(37)26-32(30)35/h27-34H,3-26H2,1-2H3. The molecule has 224 valence electrons. The van der Waals surface area contributed by atoms with Gasteiger partial charge in [-0.3, -0.25) is 0 Å². The number of unbranched alkanes of at least 4 members (excludes halogenated alkanes) is 10. The Kier molecular flexibility index (Phi) is 12.1. The van der Waals surface area contributed by atoms with Crippen LogP contribution in [0.5, 0.6) is 0 Å². The summed E-state index contributed by atoms with van der Waals surface area (Å²) in [5.74, 6) is 4.51. The molecular formula is C35H62BBrO2. The third-order valence-corrected chi connectivity index (χ3v) is 13.3. The van der Waals surface area contributed by atoms with Crippen LogP contribution in [0.25, 0.3) is 0 Å². The van der Waals surface area contributed by atoms with Crippen LogP contribution in [0.3, 0.4) is 0 Å². The Morgan fingerprint density at radius 1 is 0.615 bits per heavy atom. The van der Waals surface area contributed by atoms with Gasteiger partial charge in [0.05, 0.1) is 12.2 Å². The summed E-state index contributed by atoms with van der Waals surface area (Å²) in [7, 11) is 0.103. The predicted octanol–water partition coefficient (Wildman–Crippen LogP) is 11.3. The lowest BCUT2D eigenvalue weighted by Gasteiger charge is -2.46. The summed E-state index contributed by atoms with van der Waals surface area (Å²) in [4.78, 5) is 0.757. The zero-order valence-electron chi connectivity index (χ0n) is 25.9. The molecule has 4 saturated carbocycles. The maximum absolute atomic E-state index is 6.70. The molecule has 0 spiro atoms. The van der Waals surface area contributed by atoms with Gasteiger partial charge in [-0.15, -0.1) is 0 Å². The van der Waals surface area contributed by atoms with Crippen LogP contribution in [0.1, 0.15) is 168 Å². The third-order valence-electron chi connectivity index (χ3n) is 12.4. The van der Waals surface area contributed by atoms with Crippen molar-refractivity contribution in [2.24, 2.45) is 29.1 Å². The van der Waals surface area contributed by atoms with Crippen LogP contribution < -0.4 is 0 Å². The van der Waals surface area contributed by atoms with E-state index >= 15 is 0 Å². The number of fused-ring (bicyclic) bond motifs is 4. The minimum absolute atomic E-state index is 0.103. The minimum atomic E-state index is 0.103. The first-order chi connectivity index (χ1) is 19.2. The van der Waals surface area contributed by atoms with E-state index in [-0.39, 0.29) is 7.12 Å². The molecule has 1 aliphatic heterocycles. The lowest BCUT2D eigenvalue weighted by molar-refractivity contribution is 0.0509. The van der Waals surface area contributed by atoms with Crippen LogP contribution in [0.4, 0.5) is 0 Å². The second-order valence-corrected chi connectivity index (χ2v) is 16.1. The Morgan fingerprint density at radius 3 is 1.72 bits per heavy atom. The number of rotatable bonds is 15. The fraction of sp³-hybridized carbons (Fsp3) is 1.00. The van der Waals surface area contributed by atoms with Crippen molar-refractivity contribution >= 4 is 23.0 Å². The molecule has 8 atom stereocenters. The summed E-state index contributed by atoms with van der Waals surface area (Å²) in [6, 6.07) is 0. The molecule has 5 fully saturated rings. The third kappa shape index (κ3) is 7.34. The molecule has 5 rings (SSSR count). The predicted molar refractivity (Wildman–Crippen MR) is 171 cm³/mol. The van der Waals surface area contributed by atoms with Crippen LogP contribution >= 0.6 is 15.9 Å². The maximum atomic E-state index is 6.70. The van der Waals surface area contributed by atoms with Crippen molar-refractivity contribution in [3.05, 3.63) is 0 Å². The zero-order chi connectivity index (χ0) is 27.1. The molecule has 0 radical (unpaired) electrons. The first-order valence-corrected chi connectivity index (χ1v) is 19.0. The number of hydrogen-bond acceptors (Lipinski definition) is 2. The monoisotopic (exact) mass is 604 g/mol. The minimum Gasteiger partial charge on any atom is -0.406 e. The zero-order valence-corrected chi connectivity index (χ0v) is 27.4. The van der Waals surface area contributed by atoms with Crippen molar-refractivity contribution in [2.75, 3.05) is 0 Å². The topological polar surface area (TPSA) is 18.5 Å². The summed E-state index contributed by atoms with van der Waals surface area (Å²) in [5.41, 5.74) is 0.585. The highest BCUT2D eigenvalue weighted by atomic mass is 79.9. The van der Waals surface area contributed by atoms with Gasteiger partial charge in [-0.1, -0.05) is 133 Å². The van der Waals surface area contributed by atoms with Crippen LogP contribution in [0.15, 0.2) is 0 Å². The highest BCUT2D eigenvalue weighted by molar-refractivity contribution is 9.09. The van der Waals surface area contributed by atoms with Gasteiger partial charge >= 0.3 is 7.12 Å². The molecule has 1 heterocycles. The maximum Gasteiger partial charge on any atom is 0.460 e. The molecule has 4 heteroatoms. The molecule has 8 unspecified atom stereocenters. The molecular weight excluding hydrogens is 543 g/mol. The average Bonchev–Trinajstić information content (AvgIpc) is 3.50. The van der Waals surface area contributed by atoms with Gasteiger partial charge in [0, 0.05) is 4.83 Å². The van der Waals surface area contributed by atoms with Crippen molar-refractivity contribution in [1.82, 2.24) is 0 Å². The summed E-state index contributed by atoms with van der Waals surface area (Å²) in [5, 5.41) is 0. The fourth-order valence-electron chi connectivity index (χ4n) is 10.5. The highest BCUT2D eigenvalue weighted by Gasteiger charge is 2.62. The van der Waals surface area contributed by atoms with E-state index in [1.807, 2.05) is 0 Å². The SMILES string of the molecule is CCCCCCCCC1(CCCCCCCC)C2CC(Br)CCC2C2CCC(B3OC4CCCCC4O3)CC21. The summed E-state index contributed by atoms with van der Waals surface area (Å²) >= 11 is 4.16. The van der Waals surface area contributed by atoms with Crippen molar-refractivity contribution in [2.45, 2.75) is 191 Å². The Bertz CT molecular complexity index is 687. The molecule has 0 bridgehead atoms. The number of halogens is 1. The summed E-state index contributed by atoms with van der Waals surface area (Å²) in [6.07, 6.45) is 34.8. The lowest BCUT2D eigenvalue weighted by atomic mass is 9.54. The van der Waals surface area contributed by atoms with E-state index in [1.165, 1.54) is 154 Å². The Balaban J connectivity index is 1.31. The Hall–Kier alpha value is 0.465. The van der Waals surface area contributed by atoms with Gasteiger partial charge < -0.3 is 9.31 Å². The lowest BCUT2D eigenvalue weighted by Crippen LogP contribution is -2.39. The van der Waals surface area contributed by atoms with Crippen LogP contribution in [-0.4, -0.2) is 24.2 Å². The molecule has 0 amide bonds. The van der Waals surface area contributed by atoms with E-state index in [4.69, 9.17) is 9.31 Å². The van der Waals surface area contributed by atoms with E-state index in [9.17, 15) is 0 Å². The van der Waals surface area contributed by atoms with Crippen LogP contribution in [0.2, 0.25) is 5.82 Å². The average molecular weight is 606 g/mol. The normalized spacial score (nSPS) is 37.5. The van der Waals surface area contributed by atoms with Crippen LogP contribution in [-0.2, 0) is 9.31 Å². The van der Waals surface area contributed by atoms with Gasteiger partial charge in [-0.05, 0) is 86.3 Å². The van der Waals surface area contributed by atoms with E-state index in [1.54, 1.807) is 0 Å². The molecule has 1 saturated heterocycles. The first-order valence-electron chi connectivity index (χ1n) is 18.1. The van der Waals surface area contributed by atoms with Crippen molar-refractivity contribution in [3.63, 3.8) is 0 Å². The van der Waals surface area contributed by atoms with Gasteiger partial charge in [0.25, 0.3) is 0 Å². The van der Waals surface area contributed by atoms with Crippen molar-refractivity contribution in [1.29, 1.82) is 0 Å². The number of hydrogen-bond donors (Lipinski definition) is 0. The van der Waals surface area contributed by atoms with Crippen LogP contribution in [0, 0.1) is 29.1 Å². The first kappa shape index (κ1) is 30.9. The molecule has 0 aromatic heterocycles. The van der Waals surface area contributed by atoms with Crippen molar-refractivity contribution in [3.8, 4) is 0 Å². The van der Waals surface area contributed by atoms with Gasteiger partial charge in [0.15, 0.2) is 0 Å². The molecule has 0 aromatic carbocycles. The molecule has 39 heavy (non-hydrogen) atoms. The summed E-state index contributed by atoms with van der Waals surface area (Å²) in [6.45, 7) is 4.69. The fourth-order valence-corrected chi connectivity index (χ4v) is 11.2. The quantitative estimate of drug-likeness (QED) is 0.105. The van der Waals surface area contributed by atoms with Gasteiger partial charge in [-0.25, -0.2) is 0 Å². The largest absolute Gasteiger partial charge is 0.460 e. The van der Waals surface area contributed by atoms with Gasteiger partial charge in [-0.2, -0.15) is 0 Å². The van der Waals surface area contributed by atoms with Crippen molar-refractivity contribution < 1.29 is 9.31 Å². The molecule has 0 aromatic rings. The Morgan fingerprint density at radius 2 is 1.13 bits per heavy atom. The van der Waals surface area contributed by atoms with E-state index in [0.717, 1.165) is 28.5 Å². The smallest absolute Gasteiger partial charge is 0.406 e. The van der Waals surface area contributed by atoms with E-state index in [0.29, 0.717) is 23.4 Å². The molecule has 4 aliphatic carbocycles. The van der Waals surface area contributed by atoms with Gasteiger partial charge in [0.1, 0.15) is 0 Å².